The average Bonchev–Trinajstić information content (AvgIpc) is 2.71. The molecular weight excluding hydrogens is 273 g/mol. The Hall–Kier alpha value is -0.450. The van der Waals surface area contributed by atoms with E-state index in [4.69, 9.17) is 0 Å². The largest absolute Gasteiger partial charge is 0.395 e. The minimum atomic E-state index is -0.233. The molecule has 0 saturated carbocycles. The SMILES string of the molecule is OCC1CCCN1Cc1ccc(F)c(Br)c1. The number of rotatable bonds is 3. The molecule has 1 atom stereocenters. The van der Waals surface area contributed by atoms with E-state index in [0.717, 1.165) is 31.5 Å². The molecule has 1 unspecified atom stereocenters. The van der Waals surface area contributed by atoms with Gasteiger partial charge in [-0.1, -0.05) is 6.07 Å². The maximum Gasteiger partial charge on any atom is 0.137 e. The van der Waals surface area contributed by atoms with Crippen molar-refractivity contribution in [3.63, 3.8) is 0 Å². The van der Waals surface area contributed by atoms with Crippen molar-refractivity contribution in [2.45, 2.75) is 25.4 Å². The van der Waals surface area contributed by atoms with E-state index in [0.29, 0.717) is 4.47 Å². The number of aliphatic hydroxyl groups excluding tert-OH is 1. The third kappa shape index (κ3) is 2.62. The summed E-state index contributed by atoms with van der Waals surface area (Å²) in [5.41, 5.74) is 1.08. The van der Waals surface area contributed by atoms with Gasteiger partial charge in [0.25, 0.3) is 0 Å². The Morgan fingerprint density at radius 3 is 3.00 bits per heavy atom. The summed E-state index contributed by atoms with van der Waals surface area (Å²) in [6.45, 7) is 2.01. The second kappa shape index (κ2) is 5.25. The van der Waals surface area contributed by atoms with Crippen molar-refractivity contribution in [3.8, 4) is 0 Å². The van der Waals surface area contributed by atoms with Crippen LogP contribution < -0.4 is 0 Å². The molecule has 0 bridgehead atoms. The Morgan fingerprint density at radius 1 is 1.50 bits per heavy atom. The first-order valence-electron chi connectivity index (χ1n) is 5.49. The topological polar surface area (TPSA) is 23.5 Å². The molecule has 16 heavy (non-hydrogen) atoms. The minimum absolute atomic E-state index is 0.211. The van der Waals surface area contributed by atoms with E-state index >= 15 is 0 Å². The standard InChI is InChI=1S/C12H15BrFNO/c13-11-6-9(3-4-12(11)14)7-15-5-1-2-10(15)8-16/h3-4,6,10,16H,1-2,5,7-8H2. The third-order valence-electron chi connectivity index (χ3n) is 3.08. The second-order valence-corrected chi connectivity index (χ2v) is 5.05. The van der Waals surface area contributed by atoms with Gasteiger partial charge in [0.05, 0.1) is 11.1 Å². The predicted molar refractivity (Wildman–Crippen MR) is 64.6 cm³/mol. The van der Waals surface area contributed by atoms with Gasteiger partial charge in [0, 0.05) is 12.6 Å². The summed E-state index contributed by atoms with van der Waals surface area (Å²) >= 11 is 3.18. The summed E-state index contributed by atoms with van der Waals surface area (Å²) in [5, 5.41) is 9.20. The lowest BCUT2D eigenvalue weighted by Gasteiger charge is -2.22. The fraction of sp³-hybridized carbons (Fsp3) is 0.500. The van der Waals surface area contributed by atoms with E-state index in [1.807, 2.05) is 6.07 Å². The lowest BCUT2D eigenvalue weighted by Crippen LogP contribution is -2.31. The van der Waals surface area contributed by atoms with Crippen LogP contribution in [-0.4, -0.2) is 29.2 Å². The molecule has 1 heterocycles. The Balaban J connectivity index is 2.05. The van der Waals surface area contributed by atoms with Crippen LogP contribution in [0.3, 0.4) is 0 Å². The lowest BCUT2D eigenvalue weighted by molar-refractivity contribution is 0.153. The van der Waals surface area contributed by atoms with Crippen LogP contribution in [-0.2, 0) is 6.54 Å². The summed E-state index contributed by atoms with van der Waals surface area (Å²) < 4.78 is 13.6. The molecule has 0 aromatic heterocycles. The highest BCUT2D eigenvalue weighted by atomic mass is 79.9. The Bertz CT molecular complexity index is 372. The van der Waals surface area contributed by atoms with Gasteiger partial charge >= 0.3 is 0 Å². The molecule has 1 saturated heterocycles. The van der Waals surface area contributed by atoms with Crippen LogP contribution >= 0.6 is 15.9 Å². The predicted octanol–water partition coefficient (Wildman–Crippen LogP) is 2.54. The van der Waals surface area contributed by atoms with Gasteiger partial charge in [-0.3, -0.25) is 4.90 Å². The summed E-state index contributed by atoms with van der Waals surface area (Å²) in [6, 6.07) is 5.35. The van der Waals surface area contributed by atoms with Crippen molar-refractivity contribution < 1.29 is 9.50 Å². The van der Waals surface area contributed by atoms with Crippen molar-refractivity contribution in [2.75, 3.05) is 13.2 Å². The molecule has 1 aromatic rings. The van der Waals surface area contributed by atoms with Crippen LogP contribution in [0.5, 0.6) is 0 Å². The zero-order valence-electron chi connectivity index (χ0n) is 9.00. The molecule has 2 nitrogen and oxygen atoms in total. The molecule has 0 spiro atoms. The van der Waals surface area contributed by atoms with E-state index in [9.17, 15) is 9.50 Å². The summed E-state index contributed by atoms with van der Waals surface area (Å²) in [4.78, 5) is 2.25. The van der Waals surface area contributed by atoms with Crippen molar-refractivity contribution in [1.82, 2.24) is 4.90 Å². The molecule has 88 valence electrons. The zero-order valence-corrected chi connectivity index (χ0v) is 10.6. The van der Waals surface area contributed by atoms with Gasteiger partial charge in [0.15, 0.2) is 0 Å². The number of hydrogen-bond donors (Lipinski definition) is 1. The highest BCUT2D eigenvalue weighted by Crippen LogP contribution is 2.22. The van der Waals surface area contributed by atoms with Gasteiger partial charge in [-0.05, 0) is 53.0 Å². The van der Waals surface area contributed by atoms with E-state index in [1.54, 1.807) is 6.07 Å². The highest BCUT2D eigenvalue weighted by Gasteiger charge is 2.23. The average molecular weight is 288 g/mol. The second-order valence-electron chi connectivity index (χ2n) is 4.20. The van der Waals surface area contributed by atoms with E-state index < -0.39 is 0 Å². The summed E-state index contributed by atoms with van der Waals surface area (Å²) in [5.74, 6) is -0.233. The van der Waals surface area contributed by atoms with Crippen LogP contribution in [0.4, 0.5) is 4.39 Å². The number of aliphatic hydroxyl groups is 1. The Labute approximate surface area is 103 Å². The first-order chi connectivity index (χ1) is 7.70. The van der Waals surface area contributed by atoms with E-state index in [-0.39, 0.29) is 18.5 Å². The first kappa shape index (κ1) is 12.0. The van der Waals surface area contributed by atoms with Gasteiger partial charge in [0.2, 0.25) is 0 Å². The van der Waals surface area contributed by atoms with E-state index in [2.05, 4.69) is 20.8 Å². The normalized spacial score (nSPS) is 21.6. The number of benzene rings is 1. The quantitative estimate of drug-likeness (QED) is 0.924. The van der Waals surface area contributed by atoms with Gasteiger partial charge in [0.1, 0.15) is 5.82 Å². The van der Waals surface area contributed by atoms with Crippen molar-refractivity contribution in [1.29, 1.82) is 0 Å². The van der Waals surface area contributed by atoms with Crippen LogP contribution in [0.25, 0.3) is 0 Å². The number of hydrogen-bond acceptors (Lipinski definition) is 2. The maximum atomic E-state index is 13.1. The number of likely N-dealkylation sites (tertiary alicyclic amines) is 1. The van der Waals surface area contributed by atoms with Crippen LogP contribution in [0, 0.1) is 5.82 Å². The van der Waals surface area contributed by atoms with Crippen molar-refractivity contribution in [3.05, 3.63) is 34.1 Å². The highest BCUT2D eigenvalue weighted by molar-refractivity contribution is 9.10. The molecular formula is C12H15BrFNO. The van der Waals surface area contributed by atoms with Gasteiger partial charge in [-0.15, -0.1) is 0 Å². The molecule has 1 N–H and O–H groups in total. The van der Waals surface area contributed by atoms with Gasteiger partial charge < -0.3 is 5.11 Å². The fourth-order valence-electron chi connectivity index (χ4n) is 2.18. The molecule has 0 radical (unpaired) electrons. The minimum Gasteiger partial charge on any atom is -0.395 e. The smallest absolute Gasteiger partial charge is 0.137 e. The molecule has 0 aliphatic carbocycles. The van der Waals surface area contributed by atoms with Gasteiger partial charge in [-0.25, -0.2) is 4.39 Å². The monoisotopic (exact) mass is 287 g/mol. The molecule has 1 aromatic carbocycles. The first-order valence-corrected chi connectivity index (χ1v) is 6.29. The zero-order chi connectivity index (χ0) is 11.5. The molecule has 0 amide bonds. The van der Waals surface area contributed by atoms with Crippen LogP contribution in [0.15, 0.2) is 22.7 Å². The Morgan fingerprint density at radius 2 is 2.31 bits per heavy atom. The molecule has 1 aliphatic rings. The fourth-order valence-corrected chi connectivity index (χ4v) is 2.61. The van der Waals surface area contributed by atoms with Gasteiger partial charge in [-0.2, -0.15) is 0 Å². The van der Waals surface area contributed by atoms with E-state index in [1.165, 1.54) is 6.07 Å². The Kier molecular flexibility index (Phi) is 3.95. The molecule has 4 heteroatoms. The molecule has 1 fully saturated rings. The molecule has 2 rings (SSSR count). The third-order valence-corrected chi connectivity index (χ3v) is 3.69. The van der Waals surface area contributed by atoms with Crippen molar-refractivity contribution >= 4 is 15.9 Å². The lowest BCUT2D eigenvalue weighted by atomic mass is 10.2. The van der Waals surface area contributed by atoms with Crippen molar-refractivity contribution in [2.24, 2.45) is 0 Å². The summed E-state index contributed by atoms with van der Waals surface area (Å²) in [7, 11) is 0. The van der Waals surface area contributed by atoms with Crippen LogP contribution in [0.1, 0.15) is 18.4 Å². The summed E-state index contributed by atoms with van der Waals surface area (Å²) in [6.07, 6.45) is 2.19. The molecule has 1 aliphatic heterocycles. The maximum absolute atomic E-state index is 13.1. The number of nitrogens with zero attached hydrogens (tertiary/aromatic N) is 1. The van der Waals surface area contributed by atoms with Crippen LogP contribution in [0.2, 0.25) is 0 Å². The number of halogens is 2.